The number of carbonyl (C=O) groups excluding carboxylic acids is 1. The number of likely N-dealkylation sites (N-methyl/N-ethyl adjacent to an activating group) is 1. The molecule has 3 unspecified atom stereocenters. The topological polar surface area (TPSA) is 66.4 Å². The average Bonchev–Trinajstić information content (AvgIpc) is 3.35. The summed E-state index contributed by atoms with van der Waals surface area (Å²) >= 11 is 0. The fourth-order valence-electron chi connectivity index (χ4n) is 3.85. The number of carbonyl (C=O) groups is 1. The van der Waals surface area contributed by atoms with Gasteiger partial charge in [-0.2, -0.15) is 0 Å². The summed E-state index contributed by atoms with van der Waals surface area (Å²) in [5.74, 6) is 2.22. The van der Waals surface area contributed by atoms with Crippen LogP contribution in [0.4, 0.5) is 0 Å². The number of rotatable bonds is 5. The molecule has 3 saturated heterocycles. The van der Waals surface area contributed by atoms with Crippen LogP contribution in [-0.2, 0) is 14.3 Å². The number of hydrogen-bond acceptors (Lipinski definition) is 4. The Labute approximate surface area is 150 Å². The van der Waals surface area contributed by atoms with Gasteiger partial charge in [-0.25, -0.2) is 4.99 Å². The predicted molar refractivity (Wildman–Crippen MR) is 96.6 cm³/mol. The highest BCUT2D eigenvalue weighted by Crippen LogP contribution is 2.30. The second kappa shape index (κ2) is 8.85. The highest BCUT2D eigenvalue weighted by atomic mass is 16.5. The van der Waals surface area contributed by atoms with Gasteiger partial charge in [-0.1, -0.05) is 0 Å². The lowest BCUT2D eigenvalue weighted by Crippen LogP contribution is -2.44. The van der Waals surface area contributed by atoms with Crippen LogP contribution in [0.2, 0.25) is 0 Å². The number of amides is 1. The maximum absolute atomic E-state index is 11.9. The number of nitrogens with zero attached hydrogens (tertiary/aromatic N) is 3. The highest BCUT2D eigenvalue weighted by Gasteiger charge is 2.33. The highest BCUT2D eigenvalue weighted by molar-refractivity contribution is 5.85. The van der Waals surface area contributed by atoms with Crippen LogP contribution in [0.1, 0.15) is 25.7 Å². The van der Waals surface area contributed by atoms with E-state index in [-0.39, 0.29) is 18.6 Å². The number of hydrogen-bond donors (Lipinski definition) is 1. The van der Waals surface area contributed by atoms with Gasteiger partial charge in [0.05, 0.1) is 6.10 Å². The third-order valence-corrected chi connectivity index (χ3v) is 5.53. The quantitative estimate of drug-likeness (QED) is 0.578. The first kappa shape index (κ1) is 18.5. The van der Waals surface area contributed by atoms with Gasteiger partial charge in [0, 0.05) is 53.6 Å². The van der Waals surface area contributed by atoms with Crippen LogP contribution in [0.25, 0.3) is 0 Å². The SMILES string of the molecule is CN(C)C(=O)CN=C(NCC1CCCO1)N1CCC(C2CCOC2)C1. The Hall–Kier alpha value is -1.34. The minimum atomic E-state index is 0.0244. The van der Waals surface area contributed by atoms with Crippen LogP contribution in [0.15, 0.2) is 4.99 Å². The molecular weight excluding hydrogens is 320 g/mol. The lowest BCUT2D eigenvalue weighted by atomic mass is 9.91. The van der Waals surface area contributed by atoms with E-state index < -0.39 is 0 Å². The standard InChI is InChI=1S/C18H32N4O3/c1-21(2)17(23)11-20-18(19-10-16-4-3-8-25-16)22-7-5-14(12-22)15-6-9-24-13-15/h14-16H,3-13H2,1-2H3,(H,19,20). The summed E-state index contributed by atoms with van der Waals surface area (Å²) in [4.78, 5) is 20.4. The Kier molecular flexibility index (Phi) is 6.53. The molecule has 1 amide bonds. The van der Waals surface area contributed by atoms with E-state index in [9.17, 15) is 4.79 Å². The average molecular weight is 352 g/mol. The van der Waals surface area contributed by atoms with Crippen LogP contribution in [0.5, 0.6) is 0 Å². The van der Waals surface area contributed by atoms with E-state index in [2.05, 4.69) is 15.2 Å². The molecule has 3 aliphatic heterocycles. The number of likely N-dealkylation sites (tertiary alicyclic amines) is 1. The van der Waals surface area contributed by atoms with Gasteiger partial charge in [0.1, 0.15) is 6.54 Å². The van der Waals surface area contributed by atoms with Crippen molar-refractivity contribution in [2.45, 2.75) is 31.8 Å². The van der Waals surface area contributed by atoms with Crippen molar-refractivity contribution in [1.29, 1.82) is 0 Å². The smallest absolute Gasteiger partial charge is 0.243 e. The van der Waals surface area contributed by atoms with Crippen LogP contribution < -0.4 is 5.32 Å². The molecule has 3 heterocycles. The normalized spacial score (nSPS) is 30.1. The van der Waals surface area contributed by atoms with Crippen LogP contribution >= 0.6 is 0 Å². The maximum atomic E-state index is 11.9. The molecule has 0 aromatic rings. The van der Waals surface area contributed by atoms with Crippen LogP contribution in [-0.4, -0.2) is 87.9 Å². The van der Waals surface area contributed by atoms with E-state index >= 15 is 0 Å². The molecule has 25 heavy (non-hydrogen) atoms. The number of nitrogens with one attached hydrogen (secondary N) is 1. The van der Waals surface area contributed by atoms with Crippen molar-refractivity contribution in [3.63, 3.8) is 0 Å². The van der Waals surface area contributed by atoms with Crippen molar-refractivity contribution in [2.24, 2.45) is 16.8 Å². The zero-order chi connectivity index (χ0) is 17.6. The molecule has 3 fully saturated rings. The van der Waals surface area contributed by atoms with Gasteiger partial charge in [0.2, 0.25) is 5.91 Å². The first-order valence-electron chi connectivity index (χ1n) is 9.56. The minimum absolute atomic E-state index is 0.0244. The third-order valence-electron chi connectivity index (χ3n) is 5.53. The molecule has 7 nitrogen and oxygen atoms in total. The molecule has 7 heteroatoms. The lowest BCUT2D eigenvalue weighted by Gasteiger charge is -2.24. The van der Waals surface area contributed by atoms with Crippen molar-refractivity contribution in [1.82, 2.24) is 15.1 Å². The van der Waals surface area contributed by atoms with E-state index in [4.69, 9.17) is 9.47 Å². The summed E-state index contributed by atoms with van der Waals surface area (Å²) < 4.78 is 11.3. The summed E-state index contributed by atoms with van der Waals surface area (Å²) in [5.41, 5.74) is 0. The van der Waals surface area contributed by atoms with Crippen molar-refractivity contribution < 1.29 is 14.3 Å². The maximum Gasteiger partial charge on any atom is 0.243 e. The van der Waals surface area contributed by atoms with Crippen molar-refractivity contribution >= 4 is 11.9 Å². The molecule has 3 rings (SSSR count). The fourth-order valence-corrected chi connectivity index (χ4v) is 3.85. The molecule has 142 valence electrons. The van der Waals surface area contributed by atoms with Gasteiger partial charge in [0.15, 0.2) is 5.96 Å². The Balaban J connectivity index is 1.58. The number of ether oxygens (including phenoxy) is 2. The van der Waals surface area contributed by atoms with Gasteiger partial charge in [0.25, 0.3) is 0 Å². The molecule has 1 N–H and O–H groups in total. The van der Waals surface area contributed by atoms with Gasteiger partial charge in [-0.05, 0) is 37.5 Å². The first-order chi connectivity index (χ1) is 12.1. The zero-order valence-corrected chi connectivity index (χ0v) is 15.6. The summed E-state index contributed by atoms with van der Waals surface area (Å²) in [6, 6.07) is 0. The molecule has 0 saturated carbocycles. The zero-order valence-electron chi connectivity index (χ0n) is 15.6. The Morgan fingerprint density at radius 3 is 2.80 bits per heavy atom. The van der Waals surface area contributed by atoms with Crippen molar-refractivity contribution in [3.05, 3.63) is 0 Å². The minimum Gasteiger partial charge on any atom is -0.381 e. The molecule has 0 bridgehead atoms. The van der Waals surface area contributed by atoms with Gasteiger partial charge < -0.3 is 24.6 Å². The monoisotopic (exact) mass is 352 g/mol. The van der Waals surface area contributed by atoms with Gasteiger partial charge >= 0.3 is 0 Å². The summed E-state index contributed by atoms with van der Waals surface area (Å²) in [7, 11) is 3.53. The van der Waals surface area contributed by atoms with E-state index in [0.717, 1.165) is 58.3 Å². The number of aliphatic imine (C=N–C) groups is 1. The second-order valence-corrected chi connectivity index (χ2v) is 7.56. The predicted octanol–water partition coefficient (Wildman–Crippen LogP) is 0.558. The van der Waals surface area contributed by atoms with Gasteiger partial charge in [-0.3, -0.25) is 4.79 Å². The van der Waals surface area contributed by atoms with Gasteiger partial charge in [-0.15, -0.1) is 0 Å². The van der Waals surface area contributed by atoms with Crippen molar-refractivity contribution in [2.75, 3.05) is 60.1 Å². The van der Waals surface area contributed by atoms with Crippen LogP contribution in [0, 0.1) is 11.8 Å². The number of guanidine groups is 1. The molecule has 0 aromatic carbocycles. The molecule has 0 spiro atoms. The molecule has 0 radical (unpaired) electrons. The van der Waals surface area contributed by atoms with Crippen molar-refractivity contribution in [3.8, 4) is 0 Å². The first-order valence-corrected chi connectivity index (χ1v) is 9.56. The lowest BCUT2D eigenvalue weighted by molar-refractivity contribution is -0.127. The largest absolute Gasteiger partial charge is 0.381 e. The summed E-state index contributed by atoms with van der Waals surface area (Å²) in [6.45, 7) is 5.60. The Bertz CT molecular complexity index is 471. The summed E-state index contributed by atoms with van der Waals surface area (Å²) in [6.07, 6.45) is 4.84. The second-order valence-electron chi connectivity index (χ2n) is 7.56. The molecule has 3 aliphatic rings. The van der Waals surface area contributed by atoms with E-state index in [1.54, 1.807) is 19.0 Å². The molecule has 3 atom stereocenters. The van der Waals surface area contributed by atoms with E-state index in [1.165, 1.54) is 12.8 Å². The Morgan fingerprint density at radius 1 is 1.24 bits per heavy atom. The molecular formula is C18H32N4O3. The molecule has 0 aromatic heterocycles. The summed E-state index contributed by atoms with van der Waals surface area (Å²) in [5, 5.41) is 3.46. The Morgan fingerprint density at radius 2 is 2.12 bits per heavy atom. The van der Waals surface area contributed by atoms with E-state index in [0.29, 0.717) is 11.8 Å². The molecule has 0 aliphatic carbocycles. The third kappa shape index (κ3) is 5.07. The van der Waals surface area contributed by atoms with E-state index in [1.807, 2.05) is 0 Å². The van der Waals surface area contributed by atoms with Crippen LogP contribution in [0.3, 0.4) is 0 Å². The fraction of sp³-hybridized carbons (Fsp3) is 0.889.